The number of benzene rings is 2. The van der Waals surface area contributed by atoms with Crippen molar-refractivity contribution in [1.29, 1.82) is 0 Å². The Morgan fingerprint density at radius 1 is 1.00 bits per heavy atom. The Kier molecular flexibility index (Phi) is 4.32. The molecule has 0 saturated carbocycles. The molecule has 2 heterocycles. The van der Waals surface area contributed by atoms with E-state index in [1.54, 1.807) is 10.4 Å². The Balaban J connectivity index is 1.53. The lowest BCUT2D eigenvalue weighted by Crippen LogP contribution is -2.51. The van der Waals surface area contributed by atoms with Crippen molar-refractivity contribution in [2.45, 2.75) is 50.0 Å². The van der Waals surface area contributed by atoms with Crippen LogP contribution < -0.4 is 4.74 Å². The second kappa shape index (κ2) is 6.39. The van der Waals surface area contributed by atoms with Gasteiger partial charge in [-0.15, -0.1) is 0 Å². The third kappa shape index (κ3) is 3.03. The summed E-state index contributed by atoms with van der Waals surface area (Å²) < 4.78 is 34.2. The van der Waals surface area contributed by atoms with Crippen LogP contribution in [0.3, 0.4) is 0 Å². The molecule has 2 aromatic carbocycles. The van der Waals surface area contributed by atoms with Crippen molar-refractivity contribution < 1.29 is 13.2 Å². The second-order valence-corrected chi connectivity index (χ2v) is 9.47. The van der Waals surface area contributed by atoms with Crippen molar-refractivity contribution in [3.63, 3.8) is 0 Å². The summed E-state index contributed by atoms with van der Waals surface area (Å²) in [7, 11) is -3.45. The molecule has 0 aliphatic carbocycles. The molecule has 2 aliphatic rings. The number of para-hydroxylation sites is 1. The minimum atomic E-state index is -3.45. The molecule has 1 fully saturated rings. The lowest BCUT2D eigenvalue weighted by atomic mass is 9.84. The van der Waals surface area contributed by atoms with Crippen LogP contribution in [-0.4, -0.2) is 31.4 Å². The third-order valence-corrected chi connectivity index (χ3v) is 7.78. The number of ether oxygens (including phenoxy) is 1. The van der Waals surface area contributed by atoms with Crippen molar-refractivity contribution in [1.82, 2.24) is 4.31 Å². The van der Waals surface area contributed by atoms with Crippen LogP contribution in [0.25, 0.3) is 0 Å². The van der Waals surface area contributed by atoms with E-state index >= 15 is 0 Å². The highest BCUT2D eigenvalue weighted by atomic mass is 32.2. The molecule has 4 rings (SSSR count). The number of sulfonamides is 1. The van der Waals surface area contributed by atoms with Crippen LogP contribution in [0.15, 0.2) is 47.4 Å². The van der Waals surface area contributed by atoms with Crippen LogP contribution >= 0.6 is 0 Å². The molecule has 0 aromatic heterocycles. The molecule has 0 unspecified atom stereocenters. The van der Waals surface area contributed by atoms with Crippen molar-refractivity contribution in [2.75, 3.05) is 13.1 Å². The largest absolute Gasteiger partial charge is 0.487 e. The van der Waals surface area contributed by atoms with Gasteiger partial charge in [-0.25, -0.2) is 8.42 Å². The van der Waals surface area contributed by atoms with E-state index in [4.69, 9.17) is 4.74 Å². The molecule has 1 spiro atoms. The number of hydrogen-bond acceptors (Lipinski definition) is 3. The number of aryl methyl sites for hydroxylation is 3. The highest BCUT2D eigenvalue weighted by molar-refractivity contribution is 7.89. The van der Waals surface area contributed by atoms with Crippen LogP contribution in [0.2, 0.25) is 0 Å². The summed E-state index contributed by atoms with van der Waals surface area (Å²) in [6.45, 7) is 4.81. The first-order chi connectivity index (χ1) is 12.4. The van der Waals surface area contributed by atoms with Gasteiger partial charge in [-0.2, -0.15) is 4.31 Å². The van der Waals surface area contributed by atoms with Crippen molar-refractivity contribution in [2.24, 2.45) is 0 Å². The van der Waals surface area contributed by atoms with Crippen LogP contribution in [-0.2, 0) is 16.4 Å². The normalized spacial score (nSPS) is 19.8. The van der Waals surface area contributed by atoms with E-state index in [0.29, 0.717) is 18.0 Å². The Hall–Kier alpha value is -1.85. The molecule has 0 atom stereocenters. The third-order valence-electron chi connectivity index (χ3n) is 5.74. The van der Waals surface area contributed by atoms with Gasteiger partial charge in [-0.05, 0) is 55.5 Å². The Morgan fingerprint density at radius 3 is 2.50 bits per heavy atom. The molecule has 0 amide bonds. The van der Waals surface area contributed by atoms with E-state index in [2.05, 4.69) is 6.07 Å². The summed E-state index contributed by atoms with van der Waals surface area (Å²) in [5.41, 5.74) is 2.80. The first-order valence-electron chi connectivity index (χ1n) is 9.24. The number of nitrogens with zero attached hydrogens (tertiary/aromatic N) is 1. The predicted molar refractivity (Wildman–Crippen MR) is 102 cm³/mol. The lowest BCUT2D eigenvalue weighted by Gasteiger charge is -2.44. The van der Waals surface area contributed by atoms with Crippen LogP contribution in [0.1, 0.15) is 36.0 Å². The topological polar surface area (TPSA) is 46.6 Å². The fourth-order valence-electron chi connectivity index (χ4n) is 4.07. The SMILES string of the molecule is Cc1ccc(C)c(S(=O)(=O)N2CCC3(CCc4ccccc4O3)CC2)c1. The molecule has 0 N–H and O–H groups in total. The molecule has 138 valence electrons. The summed E-state index contributed by atoms with van der Waals surface area (Å²) in [4.78, 5) is 0.434. The monoisotopic (exact) mass is 371 g/mol. The van der Waals surface area contributed by atoms with Crippen LogP contribution in [0, 0.1) is 13.8 Å². The van der Waals surface area contributed by atoms with E-state index in [-0.39, 0.29) is 5.60 Å². The van der Waals surface area contributed by atoms with Crippen molar-refractivity contribution in [3.05, 3.63) is 59.2 Å². The highest BCUT2D eigenvalue weighted by Gasteiger charge is 2.42. The Morgan fingerprint density at radius 2 is 1.73 bits per heavy atom. The summed E-state index contributed by atoms with van der Waals surface area (Å²) >= 11 is 0. The van der Waals surface area contributed by atoms with Gasteiger partial charge in [0, 0.05) is 25.9 Å². The van der Waals surface area contributed by atoms with E-state index < -0.39 is 10.0 Å². The Bertz CT molecular complexity index is 928. The highest BCUT2D eigenvalue weighted by Crippen LogP contribution is 2.40. The summed E-state index contributed by atoms with van der Waals surface area (Å²) in [5.74, 6) is 0.963. The molecule has 0 bridgehead atoms. The van der Waals surface area contributed by atoms with Crippen molar-refractivity contribution >= 4 is 10.0 Å². The standard InChI is InChI=1S/C21H25NO3S/c1-16-7-8-17(2)20(15-16)26(23,24)22-13-11-21(12-14-22)10-9-18-5-3-4-6-19(18)25-21/h3-8,15H,9-14H2,1-2H3. The van der Waals surface area contributed by atoms with E-state index in [0.717, 1.165) is 42.6 Å². The van der Waals surface area contributed by atoms with E-state index in [1.165, 1.54) is 5.56 Å². The van der Waals surface area contributed by atoms with E-state index in [9.17, 15) is 8.42 Å². The average Bonchev–Trinajstić information content (AvgIpc) is 2.64. The Labute approximate surface area is 155 Å². The first-order valence-corrected chi connectivity index (χ1v) is 10.7. The number of fused-ring (bicyclic) bond motifs is 1. The van der Waals surface area contributed by atoms with Gasteiger partial charge in [-0.3, -0.25) is 0 Å². The van der Waals surface area contributed by atoms with Gasteiger partial charge >= 0.3 is 0 Å². The molecule has 5 heteroatoms. The maximum atomic E-state index is 13.1. The quantitative estimate of drug-likeness (QED) is 0.805. The number of piperidine rings is 1. The molecule has 4 nitrogen and oxygen atoms in total. The fraction of sp³-hybridized carbons (Fsp3) is 0.429. The number of hydrogen-bond donors (Lipinski definition) is 0. The zero-order valence-electron chi connectivity index (χ0n) is 15.4. The minimum absolute atomic E-state index is 0.220. The van der Waals surface area contributed by atoms with Crippen LogP contribution in [0.5, 0.6) is 5.75 Å². The molecular formula is C21H25NO3S. The second-order valence-electron chi connectivity index (χ2n) is 7.57. The summed E-state index contributed by atoms with van der Waals surface area (Å²) in [6.07, 6.45) is 3.44. The minimum Gasteiger partial charge on any atom is -0.487 e. The van der Waals surface area contributed by atoms with Crippen molar-refractivity contribution in [3.8, 4) is 5.75 Å². The molecule has 26 heavy (non-hydrogen) atoms. The lowest BCUT2D eigenvalue weighted by molar-refractivity contribution is 0.00180. The summed E-state index contributed by atoms with van der Waals surface area (Å²) in [5, 5.41) is 0. The van der Waals surface area contributed by atoms with Gasteiger partial charge in [0.25, 0.3) is 0 Å². The predicted octanol–water partition coefficient (Wildman–Crippen LogP) is 3.85. The zero-order valence-corrected chi connectivity index (χ0v) is 16.2. The van der Waals surface area contributed by atoms with Crippen LogP contribution in [0.4, 0.5) is 0 Å². The van der Waals surface area contributed by atoms with Gasteiger partial charge in [0.05, 0.1) is 4.90 Å². The smallest absolute Gasteiger partial charge is 0.243 e. The molecule has 2 aromatic rings. The van der Waals surface area contributed by atoms with Gasteiger partial charge < -0.3 is 4.74 Å². The van der Waals surface area contributed by atoms with E-state index in [1.807, 2.05) is 44.2 Å². The average molecular weight is 372 g/mol. The fourth-order valence-corrected chi connectivity index (χ4v) is 5.82. The van der Waals surface area contributed by atoms with Gasteiger partial charge in [0.1, 0.15) is 11.4 Å². The van der Waals surface area contributed by atoms with Gasteiger partial charge in [-0.1, -0.05) is 30.3 Å². The number of rotatable bonds is 2. The molecular weight excluding hydrogens is 346 g/mol. The van der Waals surface area contributed by atoms with Gasteiger partial charge in [0.2, 0.25) is 10.0 Å². The maximum Gasteiger partial charge on any atom is 0.243 e. The first kappa shape index (κ1) is 17.6. The van der Waals surface area contributed by atoms with Gasteiger partial charge in [0.15, 0.2) is 0 Å². The molecule has 2 aliphatic heterocycles. The summed E-state index contributed by atoms with van der Waals surface area (Å²) in [6, 6.07) is 13.8. The molecule has 1 saturated heterocycles. The zero-order chi connectivity index (χ0) is 18.4. The maximum absolute atomic E-state index is 13.1. The molecule has 0 radical (unpaired) electrons.